The molecule has 131 heavy (non-hydrogen) atoms. The highest BCUT2D eigenvalue weighted by atomic mass is 35.6. The zero-order valence-corrected chi connectivity index (χ0v) is 90.6. The third kappa shape index (κ3) is 28.3. The monoisotopic (exact) mass is 1970 g/mol. The summed E-state index contributed by atoms with van der Waals surface area (Å²) in [6.45, 7) is 67.5. The molecule has 3 aromatic rings. The summed E-state index contributed by atoms with van der Waals surface area (Å²) >= 11 is 19.0. The molecule has 0 bridgehead atoms. The number of rotatable bonds is 41. The summed E-state index contributed by atoms with van der Waals surface area (Å²) in [7, 11) is -9.78. The van der Waals surface area contributed by atoms with Gasteiger partial charge in [0.15, 0.2) is 64.2 Å². The number of fused-ring (bicyclic) bond motifs is 2. The Morgan fingerprint density at radius 3 is 1.60 bits per heavy atom. The molecule has 28 atom stereocenters. The van der Waals surface area contributed by atoms with E-state index in [1.165, 1.54) is 0 Å². The Morgan fingerprint density at radius 2 is 1.04 bits per heavy atom. The Hall–Kier alpha value is -2.95. The van der Waals surface area contributed by atoms with Crippen molar-refractivity contribution in [2.45, 2.75) is 434 Å². The van der Waals surface area contributed by atoms with Gasteiger partial charge in [-0.2, -0.15) is 0 Å². The van der Waals surface area contributed by atoms with Crippen LogP contribution in [0.2, 0.25) is 72.5 Å². The van der Waals surface area contributed by atoms with Crippen molar-refractivity contribution in [1.82, 2.24) is 0 Å². The molecule has 0 amide bonds. The second kappa shape index (κ2) is 44.9. The molecule has 7 aliphatic heterocycles. The highest BCUT2D eigenvalue weighted by Crippen LogP contribution is 2.51. The van der Waals surface area contributed by atoms with Crippen LogP contribution in [0, 0.1) is 35.0 Å². The smallest absolute Gasteiger partial charge is 0.308 e. The van der Waals surface area contributed by atoms with E-state index in [1.54, 1.807) is 6.92 Å². The number of hydrogen-bond donors (Lipinski definition) is 1. The predicted molar refractivity (Wildman–Crippen MR) is 517 cm³/mol. The molecular weight excluding hydrogens is 1810 g/mol. The lowest BCUT2D eigenvalue weighted by Gasteiger charge is -2.47. The van der Waals surface area contributed by atoms with Gasteiger partial charge in [-0.15, -0.1) is 0 Å². The molecule has 0 aliphatic carbocycles. The Balaban J connectivity index is 0.848. The highest BCUT2D eigenvalue weighted by molar-refractivity contribution is 6.76. The number of ether oxygens (including phenoxy) is 18. The summed E-state index contributed by atoms with van der Waals surface area (Å²) in [5.74, 6) is -4.33. The van der Waals surface area contributed by atoms with Gasteiger partial charge in [0.25, 0.3) is 3.79 Å². The van der Waals surface area contributed by atoms with Crippen molar-refractivity contribution in [1.29, 1.82) is 5.41 Å². The molecule has 25 nitrogen and oxygen atoms in total. The van der Waals surface area contributed by atoms with Crippen molar-refractivity contribution in [3.63, 3.8) is 0 Å². The minimum atomic E-state index is -2.70. The number of carbonyl (C=O) groups is 2. The van der Waals surface area contributed by atoms with Crippen LogP contribution in [0.4, 0.5) is 0 Å². The maximum absolute atomic E-state index is 15.3. The normalized spacial score (nSPS) is 32.0. The third-order valence-corrected chi connectivity index (χ3v) is 48.4. The third-order valence-electron chi connectivity index (χ3n) is 29.8. The predicted octanol–water partition coefficient (Wildman–Crippen LogP) is 21.6. The summed E-state index contributed by atoms with van der Waals surface area (Å²) in [6, 6.07) is 29.7. The summed E-state index contributed by atoms with van der Waals surface area (Å²) < 4.78 is 149. The average molecular weight is 1970 g/mol. The van der Waals surface area contributed by atoms with E-state index in [4.69, 9.17) is 143 Å². The quantitative estimate of drug-likeness (QED) is 0.0182. The first-order chi connectivity index (χ1) is 60.8. The van der Waals surface area contributed by atoms with Crippen molar-refractivity contribution in [3.8, 4) is 0 Å². The van der Waals surface area contributed by atoms with Gasteiger partial charge in [0.1, 0.15) is 66.6 Å². The SMILES string of the molecule is CC[C@H](C)[C@H](C[C@@H](CC(=O)O[C@H]1C(C)O[C@H](OC(=N)C(Cl)(Cl)Cl)C(OC[C@@H]2O[C@H](C)[C@H](O[C@@H]3OC[C@@H](OCc4ccccc4)C(O[C@@H]4OC[C@]5(COCc6ccccc6)O[C@@H](c6ccccc6)OC45)C3C)C3OC(C)(C)OC32)C1C)O[Si](C)(C)C(C)(C)C)OC(=O)C[C@H](C[C@H](O[C@@H]1O[C@@H](CO[Si](C)(C)C(C)(C)C)C(O[Si](C)(C)C(C)(C)C)C1C)[C@@H](C)CC)O[Si](C)(C)C(C)(C)C. The van der Waals surface area contributed by atoms with E-state index >= 15 is 9.59 Å². The molecule has 32 heteroatoms. The van der Waals surface area contributed by atoms with Crippen LogP contribution >= 0.6 is 34.8 Å². The summed E-state index contributed by atoms with van der Waals surface area (Å²) in [4.78, 5) is 30.5. The first kappa shape index (κ1) is 110. The fourth-order valence-electron chi connectivity index (χ4n) is 17.0. The molecule has 7 heterocycles. The van der Waals surface area contributed by atoms with Crippen molar-refractivity contribution < 1.29 is 113 Å². The van der Waals surface area contributed by atoms with Crippen LogP contribution in [0.5, 0.6) is 0 Å². The first-order valence-electron chi connectivity index (χ1n) is 47.9. The first-order valence-corrected chi connectivity index (χ1v) is 60.7. The van der Waals surface area contributed by atoms with Crippen LogP contribution in [0.25, 0.3) is 0 Å². The highest BCUT2D eigenvalue weighted by Gasteiger charge is 2.63. The molecule has 3 aromatic carbocycles. The number of carbonyl (C=O) groups excluding carboxylic acids is 2. The number of alkyl halides is 3. The van der Waals surface area contributed by atoms with Gasteiger partial charge >= 0.3 is 11.9 Å². The Morgan fingerprint density at radius 1 is 0.519 bits per heavy atom. The molecule has 7 aliphatic rings. The maximum Gasteiger partial charge on any atom is 0.308 e. The lowest BCUT2D eigenvalue weighted by Crippen LogP contribution is -2.61. The lowest BCUT2D eigenvalue weighted by molar-refractivity contribution is -0.327. The molecule has 0 radical (unpaired) electrons. The van der Waals surface area contributed by atoms with Crippen LogP contribution in [-0.4, -0.2) is 228 Å². The second-order valence-electron chi connectivity index (χ2n) is 44.6. The molecule has 10 unspecified atom stereocenters. The van der Waals surface area contributed by atoms with Gasteiger partial charge in [-0.05, 0) is 130 Å². The molecule has 0 aromatic heterocycles. The molecule has 744 valence electrons. The molecule has 7 fully saturated rings. The Bertz CT molecular complexity index is 4080. The largest absolute Gasteiger partial charge is 0.462 e. The van der Waals surface area contributed by atoms with Crippen molar-refractivity contribution in [2.24, 2.45) is 29.6 Å². The maximum atomic E-state index is 15.3. The standard InChI is InChI=1S/C99H162Cl3NO24Si4/c1-32-60(3)72(114-77(104)51-71(126-130(28,29)95(16,17)18)50-73(61(4)33-2)115-88-64(7)81(127-131(30,31)96(19,20)21)76(116-88)57-111-128(24,25)93(10,11)12)49-70(125-129(26,27)94(13,14)15)52-78(105)117-79-62(5)82(90(113-65(79)8)121-92(103)99(100,101)102)108-56-75-84-85(123-97(22,23)122-84)83(66(9)112-75)119-87-63(6)80(74(55-109-87)107-54-68-45-39-35-40-46-68)118-91-86-98(59-110-91,58-106-53-67-43-37-34-38-44-67)124-89(120-86)69-47-41-36-42-48-69/h34-48,60-66,70-76,79-91,103H,32-33,49-59H2,1-31H3/t60-,61-,62?,63?,64?,65?,66+,70-,71-,72-,73-,74+,75-,76-,79+,80?,81?,82?,83-,84?,85?,86?,87-,88+,89-,90+,91-,98-/m0/s1. The number of benzene rings is 3. The van der Waals surface area contributed by atoms with E-state index in [-0.39, 0.29) is 109 Å². The van der Waals surface area contributed by atoms with Gasteiger partial charge in [-0.1, -0.05) is 270 Å². The molecule has 0 saturated carbocycles. The van der Waals surface area contributed by atoms with Crippen LogP contribution < -0.4 is 0 Å². The van der Waals surface area contributed by atoms with Crippen LogP contribution in [-0.2, 0) is 126 Å². The van der Waals surface area contributed by atoms with E-state index in [0.29, 0.717) is 26.1 Å². The number of esters is 2. The molecule has 1 N–H and O–H groups in total. The van der Waals surface area contributed by atoms with Gasteiger partial charge in [0.2, 0.25) is 12.2 Å². The summed E-state index contributed by atoms with van der Waals surface area (Å²) in [5, 5.41) is 8.28. The number of hydrogen-bond acceptors (Lipinski definition) is 25. The van der Waals surface area contributed by atoms with Crippen molar-refractivity contribution in [2.75, 3.05) is 33.0 Å². The van der Waals surface area contributed by atoms with Crippen molar-refractivity contribution >= 4 is 85.9 Å². The zero-order chi connectivity index (χ0) is 96.9. The van der Waals surface area contributed by atoms with Crippen molar-refractivity contribution in [3.05, 3.63) is 108 Å². The molecule has 0 spiro atoms. The second-order valence-corrected chi connectivity index (χ2v) is 66.0. The lowest BCUT2D eigenvalue weighted by atomic mass is 9.90. The van der Waals surface area contributed by atoms with E-state index in [0.717, 1.165) is 23.1 Å². The van der Waals surface area contributed by atoms with Crippen LogP contribution in [0.3, 0.4) is 0 Å². The molecule has 7 saturated heterocycles. The van der Waals surface area contributed by atoms with E-state index in [2.05, 4.69) is 170 Å². The van der Waals surface area contributed by atoms with Gasteiger partial charge in [-0.3, -0.25) is 15.0 Å². The van der Waals surface area contributed by atoms with Crippen LogP contribution in [0.15, 0.2) is 91.0 Å². The van der Waals surface area contributed by atoms with Crippen LogP contribution in [0.1, 0.15) is 221 Å². The topological polar surface area (TPSA) is 261 Å². The van der Waals surface area contributed by atoms with E-state index in [9.17, 15) is 0 Å². The summed E-state index contributed by atoms with van der Waals surface area (Å²) in [5.41, 5.74) is 1.81. The van der Waals surface area contributed by atoms with Gasteiger partial charge < -0.3 is 103 Å². The average Bonchev–Trinajstić information content (AvgIpc) is 1.59. The fourth-order valence-corrected chi connectivity index (χ4v) is 22.3. The fraction of sp³-hybridized carbons (Fsp3) is 0.788. The minimum Gasteiger partial charge on any atom is -0.462 e. The number of nitrogens with one attached hydrogen (secondary N) is 1. The van der Waals surface area contributed by atoms with Gasteiger partial charge in [-0.25, -0.2) is 0 Å². The van der Waals surface area contributed by atoms with E-state index < -0.39 is 195 Å². The van der Waals surface area contributed by atoms with Gasteiger partial charge in [0.05, 0.1) is 102 Å². The zero-order valence-electron chi connectivity index (χ0n) is 84.4. The molecular formula is C99H162Cl3NO24Si4. The molecule has 10 rings (SSSR count). The minimum absolute atomic E-state index is 0.00896. The Labute approximate surface area is 802 Å². The van der Waals surface area contributed by atoms with Gasteiger partial charge in [0, 0.05) is 29.7 Å². The summed E-state index contributed by atoms with van der Waals surface area (Å²) in [6.07, 6.45) is -14.5. The Kier molecular flexibility index (Phi) is 37.7. The number of halogens is 3. The van der Waals surface area contributed by atoms with E-state index in [1.807, 2.05) is 126 Å².